The Morgan fingerprint density at radius 2 is 1.68 bits per heavy atom. The molecule has 19 heavy (non-hydrogen) atoms. The van der Waals surface area contributed by atoms with Crippen molar-refractivity contribution < 1.29 is 9.13 Å². The molecular formula is C16H18FNO. The molecule has 0 aromatic heterocycles. The number of nitrogens with one attached hydrogen (secondary N) is 1. The van der Waals surface area contributed by atoms with Crippen LogP contribution in [0.4, 0.5) is 4.39 Å². The Labute approximate surface area is 113 Å². The third-order valence-corrected chi connectivity index (χ3v) is 3.18. The molecule has 0 aliphatic heterocycles. The van der Waals surface area contributed by atoms with Gasteiger partial charge in [-0.05, 0) is 62.4 Å². The molecule has 0 bridgehead atoms. The summed E-state index contributed by atoms with van der Waals surface area (Å²) in [6.45, 7) is 3.82. The summed E-state index contributed by atoms with van der Waals surface area (Å²) in [4.78, 5) is 0. The molecule has 2 aromatic rings. The number of ether oxygens (including phenoxy) is 1. The van der Waals surface area contributed by atoms with Gasteiger partial charge in [0.2, 0.25) is 0 Å². The Balaban J connectivity index is 2.12. The minimum absolute atomic E-state index is 0.217. The number of halogens is 1. The quantitative estimate of drug-likeness (QED) is 0.888. The maximum absolute atomic E-state index is 13.2. The highest BCUT2D eigenvalue weighted by Crippen LogP contribution is 2.24. The Morgan fingerprint density at radius 1 is 1.05 bits per heavy atom. The molecule has 0 radical (unpaired) electrons. The Morgan fingerprint density at radius 3 is 2.26 bits per heavy atom. The van der Waals surface area contributed by atoms with Crippen LogP contribution in [0, 0.1) is 12.7 Å². The summed E-state index contributed by atoms with van der Waals surface area (Å²) >= 11 is 0. The summed E-state index contributed by atoms with van der Waals surface area (Å²) < 4.78 is 18.9. The molecule has 0 saturated heterocycles. The average molecular weight is 259 g/mol. The fourth-order valence-electron chi connectivity index (χ4n) is 1.81. The summed E-state index contributed by atoms with van der Waals surface area (Å²) in [6, 6.07) is 12.9. The van der Waals surface area contributed by atoms with Crippen LogP contribution >= 0.6 is 0 Å². The molecule has 0 spiro atoms. The lowest BCUT2D eigenvalue weighted by Crippen LogP contribution is -2.11. The minimum atomic E-state index is -0.217. The molecule has 0 aliphatic rings. The number of benzene rings is 2. The van der Waals surface area contributed by atoms with Crippen molar-refractivity contribution in [2.75, 3.05) is 7.05 Å². The summed E-state index contributed by atoms with van der Waals surface area (Å²) in [6.07, 6.45) is 0. The Hall–Kier alpha value is -1.87. The monoisotopic (exact) mass is 259 g/mol. The summed E-state index contributed by atoms with van der Waals surface area (Å²) in [5.41, 5.74) is 1.78. The van der Waals surface area contributed by atoms with Crippen LogP contribution in [0.1, 0.15) is 24.1 Å². The van der Waals surface area contributed by atoms with Crippen molar-refractivity contribution >= 4 is 0 Å². The van der Waals surface area contributed by atoms with E-state index in [9.17, 15) is 4.39 Å². The molecule has 0 fully saturated rings. The summed E-state index contributed by atoms with van der Waals surface area (Å²) in [5, 5.41) is 3.18. The molecule has 1 unspecified atom stereocenters. The van der Waals surface area contributed by atoms with Gasteiger partial charge in [-0.25, -0.2) is 4.39 Å². The fraction of sp³-hybridized carbons (Fsp3) is 0.250. The van der Waals surface area contributed by atoms with Crippen molar-refractivity contribution in [1.29, 1.82) is 0 Å². The van der Waals surface area contributed by atoms with E-state index in [1.165, 1.54) is 11.6 Å². The normalized spacial score (nSPS) is 12.2. The van der Waals surface area contributed by atoms with Gasteiger partial charge in [0.1, 0.15) is 17.3 Å². The van der Waals surface area contributed by atoms with Crippen LogP contribution in [0.2, 0.25) is 0 Å². The highest BCUT2D eigenvalue weighted by Gasteiger charge is 2.04. The van der Waals surface area contributed by atoms with Gasteiger partial charge < -0.3 is 10.1 Å². The van der Waals surface area contributed by atoms with Gasteiger partial charge in [0.25, 0.3) is 0 Å². The summed E-state index contributed by atoms with van der Waals surface area (Å²) in [5.74, 6) is 1.18. The Kier molecular flexibility index (Phi) is 4.17. The molecule has 0 amide bonds. The first-order valence-corrected chi connectivity index (χ1v) is 6.31. The van der Waals surface area contributed by atoms with Gasteiger partial charge in [-0.2, -0.15) is 0 Å². The Bertz CT molecular complexity index is 551. The van der Waals surface area contributed by atoms with Crippen LogP contribution in [0.3, 0.4) is 0 Å². The molecule has 0 saturated carbocycles. The lowest BCUT2D eigenvalue weighted by Gasteiger charge is -2.12. The van der Waals surface area contributed by atoms with Crippen molar-refractivity contribution in [3.8, 4) is 11.5 Å². The number of hydrogen-bond acceptors (Lipinski definition) is 2. The average Bonchev–Trinajstić information content (AvgIpc) is 2.43. The van der Waals surface area contributed by atoms with Crippen LogP contribution in [0.5, 0.6) is 11.5 Å². The van der Waals surface area contributed by atoms with Crippen LogP contribution in [-0.4, -0.2) is 7.05 Å². The largest absolute Gasteiger partial charge is 0.457 e. The van der Waals surface area contributed by atoms with Crippen molar-refractivity contribution in [2.45, 2.75) is 19.9 Å². The number of aryl methyl sites for hydroxylation is 1. The van der Waals surface area contributed by atoms with E-state index in [2.05, 4.69) is 12.2 Å². The predicted molar refractivity (Wildman–Crippen MR) is 75.1 cm³/mol. The molecule has 2 nitrogen and oxygen atoms in total. The van der Waals surface area contributed by atoms with Crippen LogP contribution < -0.4 is 10.1 Å². The maximum Gasteiger partial charge on any atom is 0.127 e. The third kappa shape index (κ3) is 3.32. The molecule has 1 N–H and O–H groups in total. The van der Waals surface area contributed by atoms with E-state index in [1.807, 2.05) is 31.3 Å². The molecule has 0 aliphatic carbocycles. The van der Waals surface area contributed by atoms with E-state index in [0.29, 0.717) is 17.4 Å². The second kappa shape index (κ2) is 5.85. The van der Waals surface area contributed by atoms with Gasteiger partial charge >= 0.3 is 0 Å². The molecular weight excluding hydrogens is 241 g/mol. The lowest BCUT2D eigenvalue weighted by molar-refractivity contribution is 0.479. The zero-order valence-electron chi connectivity index (χ0n) is 11.4. The van der Waals surface area contributed by atoms with E-state index < -0.39 is 0 Å². The van der Waals surface area contributed by atoms with Gasteiger partial charge in [0, 0.05) is 6.04 Å². The van der Waals surface area contributed by atoms with Gasteiger partial charge in [0.05, 0.1) is 0 Å². The molecule has 3 heteroatoms. The SMILES string of the molecule is CNC(C)c1ccc(Oc2ccc(F)c(C)c2)cc1. The third-order valence-electron chi connectivity index (χ3n) is 3.18. The standard InChI is InChI=1S/C16H18FNO/c1-11-10-15(8-9-16(11)17)19-14-6-4-13(5-7-14)12(2)18-3/h4-10,12,18H,1-3H3. The van der Waals surface area contributed by atoms with Gasteiger partial charge in [0.15, 0.2) is 0 Å². The molecule has 2 rings (SSSR count). The second-order valence-corrected chi connectivity index (χ2v) is 4.59. The zero-order valence-corrected chi connectivity index (χ0v) is 11.4. The van der Waals surface area contributed by atoms with E-state index in [0.717, 1.165) is 5.75 Å². The van der Waals surface area contributed by atoms with E-state index >= 15 is 0 Å². The van der Waals surface area contributed by atoms with Gasteiger partial charge in [-0.3, -0.25) is 0 Å². The zero-order chi connectivity index (χ0) is 13.8. The van der Waals surface area contributed by atoms with Gasteiger partial charge in [-0.1, -0.05) is 12.1 Å². The number of rotatable bonds is 4. The smallest absolute Gasteiger partial charge is 0.127 e. The molecule has 1 atom stereocenters. The molecule has 100 valence electrons. The van der Waals surface area contributed by atoms with Gasteiger partial charge in [-0.15, -0.1) is 0 Å². The first kappa shape index (κ1) is 13.6. The van der Waals surface area contributed by atoms with Crippen LogP contribution in [0.25, 0.3) is 0 Å². The topological polar surface area (TPSA) is 21.3 Å². The highest BCUT2D eigenvalue weighted by molar-refractivity contribution is 5.35. The fourth-order valence-corrected chi connectivity index (χ4v) is 1.81. The first-order valence-electron chi connectivity index (χ1n) is 6.31. The van der Waals surface area contributed by atoms with Crippen LogP contribution in [-0.2, 0) is 0 Å². The predicted octanol–water partition coefficient (Wildman–Crippen LogP) is 4.21. The van der Waals surface area contributed by atoms with E-state index in [-0.39, 0.29) is 5.82 Å². The number of hydrogen-bond donors (Lipinski definition) is 1. The molecule has 0 heterocycles. The van der Waals surface area contributed by atoms with Crippen molar-refractivity contribution in [3.63, 3.8) is 0 Å². The minimum Gasteiger partial charge on any atom is -0.457 e. The first-order chi connectivity index (χ1) is 9.10. The lowest BCUT2D eigenvalue weighted by atomic mass is 10.1. The van der Waals surface area contributed by atoms with E-state index in [1.54, 1.807) is 19.1 Å². The van der Waals surface area contributed by atoms with E-state index in [4.69, 9.17) is 4.74 Å². The van der Waals surface area contributed by atoms with Crippen LogP contribution in [0.15, 0.2) is 42.5 Å². The van der Waals surface area contributed by atoms with Crippen molar-refractivity contribution in [1.82, 2.24) is 5.32 Å². The summed E-state index contributed by atoms with van der Waals surface area (Å²) in [7, 11) is 1.93. The maximum atomic E-state index is 13.2. The molecule has 2 aromatic carbocycles. The van der Waals surface area contributed by atoms with Crippen molar-refractivity contribution in [2.24, 2.45) is 0 Å². The highest BCUT2D eigenvalue weighted by atomic mass is 19.1. The second-order valence-electron chi connectivity index (χ2n) is 4.59. The van der Waals surface area contributed by atoms with Crippen molar-refractivity contribution in [3.05, 3.63) is 59.4 Å².